The second kappa shape index (κ2) is 5.48. The molecule has 2 N–H and O–H groups in total. The number of benzene rings is 1. The minimum Gasteiger partial charge on any atom is -0.484 e. The second-order valence-electron chi connectivity index (χ2n) is 3.50. The van der Waals surface area contributed by atoms with Crippen molar-refractivity contribution in [1.29, 1.82) is 5.26 Å². The van der Waals surface area contributed by atoms with Gasteiger partial charge in [0.2, 0.25) is 0 Å². The lowest BCUT2D eigenvalue weighted by molar-refractivity contribution is 0.218. The Hall–Kier alpha value is -1.83. The first-order chi connectivity index (χ1) is 8.33. The summed E-state index contributed by atoms with van der Waals surface area (Å²) >= 11 is 1.61. The molecule has 1 heterocycles. The Morgan fingerprint density at radius 2 is 2.24 bits per heavy atom. The highest BCUT2D eigenvalue weighted by Crippen LogP contribution is 2.25. The molecule has 2 aromatic rings. The quantitative estimate of drug-likeness (QED) is 0.899. The molecule has 0 spiro atoms. The van der Waals surface area contributed by atoms with Crippen molar-refractivity contribution < 1.29 is 4.74 Å². The lowest BCUT2D eigenvalue weighted by Gasteiger charge is -2.16. The highest BCUT2D eigenvalue weighted by Gasteiger charge is 2.12. The maximum Gasteiger partial charge on any atom is 0.145 e. The Bertz CT molecular complexity index is 516. The standard InChI is InChI=1S/C13H12N2OS/c14-8-10-3-1-4-11(7-10)16-12(9-15)13-5-2-6-17-13/h1-7,12H,9,15H2. The molecule has 0 aliphatic heterocycles. The van der Waals surface area contributed by atoms with Crippen LogP contribution in [0.15, 0.2) is 41.8 Å². The van der Waals surface area contributed by atoms with Gasteiger partial charge in [-0.2, -0.15) is 5.26 Å². The van der Waals surface area contributed by atoms with Gasteiger partial charge in [-0.05, 0) is 29.6 Å². The minimum atomic E-state index is -0.149. The fourth-order valence-corrected chi connectivity index (χ4v) is 2.27. The van der Waals surface area contributed by atoms with Crippen LogP contribution < -0.4 is 10.5 Å². The molecule has 0 radical (unpaired) electrons. The molecule has 86 valence electrons. The van der Waals surface area contributed by atoms with E-state index in [1.165, 1.54) is 0 Å². The minimum absolute atomic E-state index is 0.149. The van der Waals surface area contributed by atoms with Gasteiger partial charge in [0.05, 0.1) is 11.6 Å². The van der Waals surface area contributed by atoms with Crippen LogP contribution in [0.5, 0.6) is 5.75 Å². The number of nitrogens with two attached hydrogens (primary N) is 1. The topological polar surface area (TPSA) is 59.0 Å². The van der Waals surface area contributed by atoms with E-state index in [1.807, 2.05) is 23.6 Å². The summed E-state index contributed by atoms with van der Waals surface area (Å²) in [5.41, 5.74) is 6.29. The second-order valence-corrected chi connectivity index (χ2v) is 4.48. The number of nitrogens with zero attached hydrogens (tertiary/aromatic N) is 1. The predicted octanol–water partition coefficient (Wildman–Crippen LogP) is 2.70. The van der Waals surface area contributed by atoms with E-state index in [-0.39, 0.29) is 6.10 Å². The van der Waals surface area contributed by atoms with Crippen LogP contribution >= 0.6 is 11.3 Å². The zero-order valence-corrected chi connectivity index (χ0v) is 9.98. The Kier molecular flexibility index (Phi) is 3.76. The van der Waals surface area contributed by atoms with Crippen LogP contribution in [0.25, 0.3) is 0 Å². The van der Waals surface area contributed by atoms with Gasteiger partial charge >= 0.3 is 0 Å². The summed E-state index contributed by atoms with van der Waals surface area (Å²) in [6.07, 6.45) is -0.149. The number of nitriles is 1. The molecule has 0 aliphatic rings. The molecule has 2 rings (SSSR count). The third-order valence-corrected chi connectivity index (χ3v) is 3.28. The van der Waals surface area contributed by atoms with E-state index in [9.17, 15) is 0 Å². The van der Waals surface area contributed by atoms with E-state index in [0.29, 0.717) is 17.9 Å². The molecule has 0 saturated carbocycles. The van der Waals surface area contributed by atoms with E-state index in [0.717, 1.165) is 4.88 Å². The van der Waals surface area contributed by atoms with E-state index in [1.54, 1.807) is 29.5 Å². The largest absolute Gasteiger partial charge is 0.484 e. The average Bonchev–Trinajstić information content (AvgIpc) is 2.90. The SMILES string of the molecule is N#Cc1cccc(OC(CN)c2cccs2)c1. The Labute approximate surface area is 104 Å². The van der Waals surface area contributed by atoms with Gasteiger partial charge in [-0.3, -0.25) is 0 Å². The van der Waals surface area contributed by atoms with E-state index in [4.69, 9.17) is 15.7 Å². The summed E-state index contributed by atoms with van der Waals surface area (Å²) in [6.45, 7) is 0.414. The zero-order chi connectivity index (χ0) is 12.1. The third kappa shape index (κ3) is 2.84. The molecule has 3 nitrogen and oxygen atoms in total. The van der Waals surface area contributed by atoms with Crippen molar-refractivity contribution in [2.24, 2.45) is 5.73 Å². The van der Waals surface area contributed by atoms with Gasteiger partial charge in [-0.25, -0.2) is 0 Å². The van der Waals surface area contributed by atoms with E-state index in [2.05, 4.69) is 6.07 Å². The monoisotopic (exact) mass is 244 g/mol. The maximum absolute atomic E-state index is 8.81. The first-order valence-electron chi connectivity index (χ1n) is 5.24. The first-order valence-corrected chi connectivity index (χ1v) is 6.11. The molecular formula is C13H12N2OS. The summed E-state index contributed by atoms with van der Waals surface area (Å²) in [5, 5.41) is 10.8. The van der Waals surface area contributed by atoms with Crippen LogP contribution in [0.3, 0.4) is 0 Å². The summed E-state index contributed by atoms with van der Waals surface area (Å²) in [6, 6.07) is 13.1. The molecule has 1 aromatic heterocycles. The van der Waals surface area contributed by atoms with Gasteiger partial charge in [0.25, 0.3) is 0 Å². The normalized spacial score (nSPS) is 11.8. The molecule has 0 fully saturated rings. The summed E-state index contributed by atoms with van der Waals surface area (Å²) in [7, 11) is 0. The van der Waals surface area contributed by atoms with E-state index < -0.39 is 0 Å². The fraction of sp³-hybridized carbons (Fsp3) is 0.154. The van der Waals surface area contributed by atoms with Crippen molar-refractivity contribution in [3.8, 4) is 11.8 Å². The molecule has 4 heteroatoms. The van der Waals surface area contributed by atoms with Crippen molar-refractivity contribution in [3.63, 3.8) is 0 Å². The average molecular weight is 244 g/mol. The lowest BCUT2D eigenvalue weighted by Crippen LogP contribution is -2.17. The smallest absolute Gasteiger partial charge is 0.145 e. The number of hydrogen-bond donors (Lipinski definition) is 1. The first kappa shape index (κ1) is 11.6. The van der Waals surface area contributed by atoms with Crippen molar-refractivity contribution in [3.05, 3.63) is 52.2 Å². The molecule has 0 amide bonds. The van der Waals surface area contributed by atoms with Gasteiger partial charge in [0, 0.05) is 11.4 Å². The van der Waals surface area contributed by atoms with Gasteiger partial charge in [0.1, 0.15) is 11.9 Å². The third-order valence-electron chi connectivity index (χ3n) is 2.32. The molecular weight excluding hydrogens is 232 g/mol. The van der Waals surface area contributed by atoms with Crippen LogP contribution in [0.2, 0.25) is 0 Å². The molecule has 0 aliphatic carbocycles. The van der Waals surface area contributed by atoms with Gasteiger partial charge in [-0.1, -0.05) is 12.1 Å². The van der Waals surface area contributed by atoms with Crippen LogP contribution in [-0.4, -0.2) is 6.54 Å². The molecule has 0 saturated heterocycles. The van der Waals surface area contributed by atoms with Crippen molar-refractivity contribution >= 4 is 11.3 Å². The van der Waals surface area contributed by atoms with Gasteiger partial charge in [-0.15, -0.1) is 11.3 Å². The number of hydrogen-bond acceptors (Lipinski definition) is 4. The molecule has 1 aromatic carbocycles. The van der Waals surface area contributed by atoms with Gasteiger partial charge in [0.15, 0.2) is 0 Å². The summed E-state index contributed by atoms with van der Waals surface area (Å²) in [5.74, 6) is 0.674. The summed E-state index contributed by atoms with van der Waals surface area (Å²) < 4.78 is 5.78. The highest BCUT2D eigenvalue weighted by molar-refractivity contribution is 7.10. The Morgan fingerprint density at radius 1 is 1.35 bits per heavy atom. The molecule has 1 atom stereocenters. The van der Waals surface area contributed by atoms with Crippen molar-refractivity contribution in [2.75, 3.05) is 6.54 Å². The van der Waals surface area contributed by atoms with Crippen molar-refractivity contribution in [1.82, 2.24) is 0 Å². The van der Waals surface area contributed by atoms with Crippen LogP contribution in [0.1, 0.15) is 16.5 Å². The molecule has 1 unspecified atom stereocenters. The number of rotatable bonds is 4. The molecule has 0 bridgehead atoms. The van der Waals surface area contributed by atoms with Gasteiger partial charge < -0.3 is 10.5 Å². The number of ether oxygens (including phenoxy) is 1. The van der Waals surface area contributed by atoms with Crippen LogP contribution in [0, 0.1) is 11.3 Å². The van der Waals surface area contributed by atoms with Crippen molar-refractivity contribution in [2.45, 2.75) is 6.10 Å². The fourth-order valence-electron chi connectivity index (χ4n) is 1.50. The van der Waals surface area contributed by atoms with E-state index >= 15 is 0 Å². The molecule has 17 heavy (non-hydrogen) atoms. The Morgan fingerprint density at radius 3 is 2.88 bits per heavy atom. The predicted molar refractivity (Wildman–Crippen MR) is 67.9 cm³/mol. The van der Waals surface area contributed by atoms with Crippen LogP contribution in [-0.2, 0) is 0 Å². The summed E-state index contributed by atoms with van der Waals surface area (Å²) in [4.78, 5) is 1.09. The Balaban J connectivity index is 2.16. The van der Waals surface area contributed by atoms with Crippen LogP contribution in [0.4, 0.5) is 0 Å². The number of thiophene rings is 1. The zero-order valence-electron chi connectivity index (χ0n) is 9.17. The maximum atomic E-state index is 8.81. The lowest BCUT2D eigenvalue weighted by atomic mass is 10.2. The highest BCUT2D eigenvalue weighted by atomic mass is 32.1.